The highest BCUT2D eigenvalue weighted by Crippen LogP contribution is 2.23. The Morgan fingerprint density at radius 1 is 1.42 bits per heavy atom. The van der Waals surface area contributed by atoms with Gasteiger partial charge in [0.05, 0.1) is 4.92 Å². The Morgan fingerprint density at radius 3 is 2.89 bits per heavy atom. The van der Waals surface area contributed by atoms with E-state index in [4.69, 9.17) is 4.74 Å². The van der Waals surface area contributed by atoms with E-state index < -0.39 is 10.9 Å². The van der Waals surface area contributed by atoms with E-state index in [2.05, 4.69) is 11.6 Å². The van der Waals surface area contributed by atoms with Gasteiger partial charge in [0.1, 0.15) is 17.8 Å². The minimum Gasteiger partial charge on any atom is -0.457 e. The largest absolute Gasteiger partial charge is 0.457 e. The first-order chi connectivity index (χ1) is 9.13. The van der Waals surface area contributed by atoms with Crippen molar-refractivity contribution in [1.82, 2.24) is 4.98 Å². The summed E-state index contributed by atoms with van der Waals surface area (Å²) < 4.78 is 4.84. The normalized spacial score (nSPS) is 10.1. The number of rotatable bonds is 4. The van der Waals surface area contributed by atoms with Gasteiger partial charge in [-0.15, -0.1) is 0 Å². The Morgan fingerprint density at radius 2 is 2.21 bits per heavy atom. The number of nitrogens with zero attached hydrogens (tertiary/aromatic N) is 2. The number of nitro groups is 1. The average Bonchev–Trinajstić information content (AvgIpc) is 2.43. The molecule has 0 radical (unpaired) electrons. The number of hydrogen-bond acceptors (Lipinski definition) is 5. The molecule has 6 heteroatoms. The number of para-hydroxylation sites is 1. The summed E-state index contributed by atoms with van der Waals surface area (Å²) in [7, 11) is 0. The standard InChI is InChI=1S/C13H10N2O4/c1-2-8-19-13(16)10-7-6-9-4-3-5-11(15(17)18)12(9)14-10/h2-7H,1,8H2. The van der Waals surface area contributed by atoms with Gasteiger partial charge in [-0.05, 0) is 6.07 Å². The first kappa shape index (κ1) is 12.7. The third-order valence-corrected chi connectivity index (χ3v) is 2.44. The molecule has 0 unspecified atom stereocenters. The summed E-state index contributed by atoms with van der Waals surface area (Å²) in [5.41, 5.74) is 0.0556. The number of nitro benzene ring substituents is 1. The molecular weight excluding hydrogens is 248 g/mol. The van der Waals surface area contributed by atoms with Crippen LogP contribution in [0.1, 0.15) is 10.5 Å². The number of carbonyl (C=O) groups is 1. The molecule has 2 rings (SSSR count). The average molecular weight is 258 g/mol. The first-order valence-corrected chi connectivity index (χ1v) is 5.45. The van der Waals surface area contributed by atoms with Gasteiger partial charge in [0, 0.05) is 11.5 Å². The maximum atomic E-state index is 11.6. The topological polar surface area (TPSA) is 82.3 Å². The van der Waals surface area contributed by atoms with E-state index in [-0.39, 0.29) is 23.5 Å². The smallest absolute Gasteiger partial charge is 0.357 e. The van der Waals surface area contributed by atoms with E-state index in [0.29, 0.717) is 5.39 Å². The molecule has 0 fully saturated rings. The Balaban J connectivity index is 2.49. The van der Waals surface area contributed by atoms with E-state index in [1.165, 1.54) is 18.2 Å². The minimum absolute atomic E-state index is 0.0312. The Kier molecular flexibility index (Phi) is 3.51. The molecule has 1 heterocycles. The molecule has 96 valence electrons. The van der Waals surface area contributed by atoms with E-state index in [1.54, 1.807) is 18.2 Å². The molecule has 0 aliphatic carbocycles. The molecule has 0 atom stereocenters. The quantitative estimate of drug-likeness (QED) is 0.364. The Labute approximate surface area is 108 Å². The molecule has 0 N–H and O–H groups in total. The number of esters is 1. The SMILES string of the molecule is C=CCOC(=O)c1ccc2cccc([N+](=O)[O-])c2n1. The lowest BCUT2D eigenvalue weighted by Gasteiger charge is -2.03. The lowest BCUT2D eigenvalue weighted by atomic mass is 10.2. The lowest BCUT2D eigenvalue weighted by Crippen LogP contribution is -2.07. The summed E-state index contributed by atoms with van der Waals surface area (Å²) in [4.78, 5) is 26.0. The molecular formula is C13H10N2O4. The van der Waals surface area contributed by atoms with Crippen molar-refractivity contribution >= 4 is 22.6 Å². The van der Waals surface area contributed by atoms with Crippen LogP contribution in [0, 0.1) is 10.1 Å². The predicted molar refractivity (Wildman–Crippen MR) is 68.9 cm³/mol. The van der Waals surface area contributed by atoms with Gasteiger partial charge >= 0.3 is 5.97 Å². The first-order valence-electron chi connectivity index (χ1n) is 5.45. The maximum absolute atomic E-state index is 11.6. The minimum atomic E-state index is -0.639. The molecule has 0 aliphatic heterocycles. The van der Waals surface area contributed by atoms with Crippen molar-refractivity contribution in [3.8, 4) is 0 Å². The molecule has 0 aliphatic rings. The van der Waals surface area contributed by atoms with Gasteiger partial charge in [-0.2, -0.15) is 0 Å². The van der Waals surface area contributed by atoms with Gasteiger partial charge in [0.15, 0.2) is 0 Å². The second-order valence-corrected chi connectivity index (χ2v) is 3.69. The summed E-state index contributed by atoms with van der Waals surface area (Å²) in [6.07, 6.45) is 1.43. The molecule has 1 aromatic heterocycles. The zero-order valence-corrected chi connectivity index (χ0v) is 9.91. The number of ether oxygens (including phenoxy) is 1. The fraction of sp³-hybridized carbons (Fsp3) is 0.0769. The highest BCUT2D eigenvalue weighted by atomic mass is 16.6. The van der Waals surface area contributed by atoms with Crippen LogP contribution in [0.4, 0.5) is 5.69 Å². The number of fused-ring (bicyclic) bond motifs is 1. The van der Waals surface area contributed by atoms with Crippen molar-refractivity contribution < 1.29 is 14.5 Å². The van der Waals surface area contributed by atoms with E-state index in [1.807, 2.05) is 0 Å². The molecule has 0 saturated carbocycles. The van der Waals surface area contributed by atoms with Gasteiger partial charge in [0.25, 0.3) is 5.69 Å². The molecule has 6 nitrogen and oxygen atoms in total. The van der Waals surface area contributed by atoms with Crippen molar-refractivity contribution in [2.24, 2.45) is 0 Å². The van der Waals surface area contributed by atoms with Crippen LogP contribution >= 0.6 is 0 Å². The van der Waals surface area contributed by atoms with Gasteiger partial charge in [0.2, 0.25) is 0 Å². The fourth-order valence-corrected chi connectivity index (χ4v) is 1.60. The number of aromatic nitrogens is 1. The highest BCUT2D eigenvalue weighted by molar-refractivity contribution is 5.93. The number of pyridine rings is 1. The van der Waals surface area contributed by atoms with Crippen LogP contribution in [0.5, 0.6) is 0 Å². The lowest BCUT2D eigenvalue weighted by molar-refractivity contribution is -0.383. The van der Waals surface area contributed by atoms with Crippen molar-refractivity contribution in [3.63, 3.8) is 0 Å². The van der Waals surface area contributed by atoms with Crippen LogP contribution in [-0.2, 0) is 4.74 Å². The van der Waals surface area contributed by atoms with Crippen LogP contribution < -0.4 is 0 Å². The van der Waals surface area contributed by atoms with E-state index in [0.717, 1.165) is 0 Å². The Bertz CT molecular complexity index is 667. The third-order valence-electron chi connectivity index (χ3n) is 2.44. The molecule has 0 amide bonds. The zero-order valence-electron chi connectivity index (χ0n) is 9.91. The van der Waals surface area contributed by atoms with Gasteiger partial charge in [-0.1, -0.05) is 30.9 Å². The predicted octanol–water partition coefficient (Wildman–Crippen LogP) is 2.49. The summed E-state index contributed by atoms with van der Waals surface area (Å²) >= 11 is 0. The second-order valence-electron chi connectivity index (χ2n) is 3.69. The molecule has 19 heavy (non-hydrogen) atoms. The van der Waals surface area contributed by atoms with Crippen LogP contribution in [-0.4, -0.2) is 22.5 Å². The monoisotopic (exact) mass is 258 g/mol. The molecule has 1 aromatic carbocycles. The van der Waals surface area contributed by atoms with Crippen molar-refractivity contribution in [1.29, 1.82) is 0 Å². The highest BCUT2D eigenvalue weighted by Gasteiger charge is 2.16. The van der Waals surface area contributed by atoms with E-state index >= 15 is 0 Å². The van der Waals surface area contributed by atoms with Crippen LogP contribution in [0.15, 0.2) is 43.0 Å². The second kappa shape index (κ2) is 5.26. The number of hydrogen-bond donors (Lipinski definition) is 0. The van der Waals surface area contributed by atoms with Gasteiger partial charge in [-0.25, -0.2) is 9.78 Å². The van der Waals surface area contributed by atoms with Gasteiger partial charge in [-0.3, -0.25) is 10.1 Å². The molecule has 2 aromatic rings. The Hall–Kier alpha value is -2.76. The van der Waals surface area contributed by atoms with Crippen LogP contribution in [0.2, 0.25) is 0 Å². The number of benzene rings is 1. The molecule has 0 spiro atoms. The van der Waals surface area contributed by atoms with E-state index in [9.17, 15) is 14.9 Å². The molecule has 0 bridgehead atoms. The number of non-ortho nitro benzene ring substituents is 1. The molecule has 0 saturated heterocycles. The summed E-state index contributed by atoms with van der Waals surface area (Å²) in [6.45, 7) is 3.49. The van der Waals surface area contributed by atoms with Crippen LogP contribution in [0.25, 0.3) is 10.9 Å². The van der Waals surface area contributed by atoms with Crippen molar-refractivity contribution in [2.75, 3.05) is 6.61 Å². The summed E-state index contributed by atoms with van der Waals surface area (Å²) in [5.74, 6) is -0.639. The maximum Gasteiger partial charge on any atom is 0.357 e. The van der Waals surface area contributed by atoms with Crippen molar-refractivity contribution in [2.45, 2.75) is 0 Å². The third kappa shape index (κ3) is 2.57. The van der Waals surface area contributed by atoms with Crippen molar-refractivity contribution in [3.05, 3.63) is 58.8 Å². The fourth-order valence-electron chi connectivity index (χ4n) is 1.60. The zero-order chi connectivity index (χ0) is 13.8. The number of carbonyl (C=O) groups excluding carboxylic acids is 1. The summed E-state index contributed by atoms with van der Waals surface area (Å²) in [6, 6.07) is 7.66. The summed E-state index contributed by atoms with van der Waals surface area (Å²) in [5, 5.41) is 11.5. The van der Waals surface area contributed by atoms with Gasteiger partial charge < -0.3 is 4.74 Å². The van der Waals surface area contributed by atoms with Crippen LogP contribution in [0.3, 0.4) is 0 Å².